The minimum atomic E-state index is 0.00582. The van der Waals surface area contributed by atoms with Gasteiger partial charge in [0.2, 0.25) is 0 Å². The zero-order chi connectivity index (χ0) is 16.0. The summed E-state index contributed by atoms with van der Waals surface area (Å²) < 4.78 is 0. The molecule has 0 saturated carbocycles. The molecule has 0 unspecified atom stereocenters. The highest BCUT2D eigenvalue weighted by Crippen LogP contribution is 2.34. The molecule has 5 heteroatoms. The Kier molecular flexibility index (Phi) is 3.45. The zero-order valence-electron chi connectivity index (χ0n) is 13.3. The Balaban J connectivity index is 1.62. The Labute approximate surface area is 138 Å². The molecule has 0 radical (unpaired) electrons. The molecule has 4 nitrogen and oxygen atoms in total. The first-order valence-electron chi connectivity index (χ1n) is 7.96. The molecular formula is C18H19N3OS. The second-order valence-corrected chi connectivity index (χ2v) is 7.29. The monoisotopic (exact) mass is 325 g/mol. The van der Waals surface area contributed by atoms with Crippen LogP contribution in [0.1, 0.15) is 33.8 Å². The van der Waals surface area contributed by atoms with E-state index in [1.165, 1.54) is 21.6 Å². The van der Waals surface area contributed by atoms with Crippen molar-refractivity contribution in [2.45, 2.75) is 39.7 Å². The lowest BCUT2D eigenvalue weighted by Crippen LogP contribution is -2.14. The van der Waals surface area contributed by atoms with E-state index in [1.54, 1.807) is 11.3 Å². The molecule has 2 N–H and O–H groups in total. The molecular weight excluding hydrogens is 306 g/mol. The van der Waals surface area contributed by atoms with Crippen molar-refractivity contribution in [2.24, 2.45) is 0 Å². The van der Waals surface area contributed by atoms with Crippen molar-refractivity contribution in [3.05, 3.63) is 55.9 Å². The largest absolute Gasteiger partial charge is 0.378 e. The summed E-state index contributed by atoms with van der Waals surface area (Å²) in [6.07, 6.45) is 3.26. The van der Waals surface area contributed by atoms with Crippen molar-refractivity contribution in [3.8, 4) is 0 Å². The normalized spacial score (nSPS) is 13.5. The number of anilines is 1. The van der Waals surface area contributed by atoms with E-state index in [4.69, 9.17) is 0 Å². The molecule has 2 aromatic heterocycles. The number of fused-ring (bicyclic) bond motifs is 3. The summed E-state index contributed by atoms with van der Waals surface area (Å²) in [5.41, 5.74) is 4.81. The second-order valence-electron chi connectivity index (χ2n) is 6.20. The number of aromatic amines is 1. The van der Waals surface area contributed by atoms with Gasteiger partial charge in [0.15, 0.2) is 0 Å². The molecule has 23 heavy (non-hydrogen) atoms. The molecule has 3 aromatic rings. The van der Waals surface area contributed by atoms with Gasteiger partial charge in [0.1, 0.15) is 10.7 Å². The van der Waals surface area contributed by atoms with Crippen molar-refractivity contribution in [1.82, 2.24) is 9.97 Å². The number of nitrogens with one attached hydrogen (secondary N) is 2. The van der Waals surface area contributed by atoms with Crippen LogP contribution < -0.4 is 10.9 Å². The SMILES string of the molecule is Cc1ccc(NCc2nc3sc4c(c3c(=O)[nH]2)CCC4)cc1C. The third-order valence-electron chi connectivity index (χ3n) is 4.59. The topological polar surface area (TPSA) is 57.8 Å². The Bertz CT molecular complexity index is 955. The average molecular weight is 325 g/mol. The molecule has 0 saturated heterocycles. The van der Waals surface area contributed by atoms with Gasteiger partial charge in [-0.1, -0.05) is 6.07 Å². The van der Waals surface area contributed by atoms with Crippen LogP contribution in [0.15, 0.2) is 23.0 Å². The third kappa shape index (κ3) is 2.55. The smallest absolute Gasteiger partial charge is 0.259 e. The number of rotatable bonds is 3. The summed E-state index contributed by atoms with van der Waals surface area (Å²) in [7, 11) is 0. The highest BCUT2D eigenvalue weighted by atomic mass is 32.1. The Morgan fingerprint density at radius 2 is 2.13 bits per heavy atom. The lowest BCUT2D eigenvalue weighted by molar-refractivity contribution is 0.913. The van der Waals surface area contributed by atoms with Gasteiger partial charge in [0.25, 0.3) is 5.56 Å². The summed E-state index contributed by atoms with van der Waals surface area (Å²) >= 11 is 1.68. The van der Waals surface area contributed by atoms with Crippen LogP contribution in [0.2, 0.25) is 0 Å². The van der Waals surface area contributed by atoms with Crippen LogP contribution in [0.4, 0.5) is 5.69 Å². The fourth-order valence-corrected chi connectivity index (χ4v) is 4.45. The molecule has 0 fully saturated rings. The molecule has 1 aliphatic rings. The quantitative estimate of drug-likeness (QED) is 0.772. The molecule has 2 heterocycles. The number of aromatic nitrogens is 2. The van der Waals surface area contributed by atoms with E-state index >= 15 is 0 Å². The maximum atomic E-state index is 12.4. The van der Waals surface area contributed by atoms with Crippen LogP contribution in [0, 0.1) is 13.8 Å². The van der Waals surface area contributed by atoms with Crippen LogP contribution in [0.3, 0.4) is 0 Å². The third-order valence-corrected chi connectivity index (χ3v) is 5.78. The number of nitrogens with zero attached hydrogens (tertiary/aromatic N) is 1. The van der Waals surface area contributed by atoms with Crippen LogP contribution in [0.5, 0.6) is 0 Å². The number of hydrogen-bond acceptors (Lipinski definition) is 4. The van der Waals surface area contributed by atoms with Crippen LogP contribution in [-0.4, -0.2) is 9.97 Å². The van der Waals surface area contributed by atoms with Gasteiger partial charge in [0, 0.05) is 10.6 Å². The summed E-state index contributed by atoms with van der Waals surface area (Å²) in [5.74, 6) is 0.695. The number of hydrogen-bond donors (Lipinski definition) is 2. The highest BCUT2D eigenvalue weighted by molar-refractivity contribution is 7.18. The Hall–Kier alpha value is -2.14. The Morgan fingerprint density at radius 1 is 1.26 bits per heavy atom. The highest BCUT2D eigenvalue weighted by Gasteiger charge is 2.20. The van der Waals surface area contributed by atoms with Gasteiger partial charge in [-0.3, -0.25) is 4.79 Å². The van der Waals surface area contributed by atoms with Crippen LogP contribution in [-0.2, 0) is 19.4 Å². The van der Waals surface area contributed by atoms with E-state index in [1.807, 2.05) is 0 Å². The molecule has 0 aliphatic heterocycles. The number of H-pyrrole nitrogens is 1. The van der Waals surface area contributed by atoms with E-state index in [0.29, 0.717) is 12.4 Å². The zero-order valence-corrected chi connectivity index (χ0v) is 14.1. The molecule has 118 valence electrons. The number of benzene rings is 1. The van der Waals surface area contributed by atoms with E-state index in [2.05, 4.69) is 47.3 Å². The van der Waals surface area contributed by atoms with Crippen LogP contribution in [0.25, 0.3) is 10.2 Å². The lowest BCUT2D eigenvalue weighted by Gasteiger charge is -2.08. The van der Waals surface area contributed by atoms with Gasteiger partial charge >= 0.3 is 0 Å². The first kappa shape index (κ1) is 14.5. The van der Waals surface area contributed by atoms with Crippen molar-refractivity contribution < 1.29 is 0 Å². The van der Waals surface area contributed by atoms with Crippen molar-refractivity contribution in [3.63, 3.8) is 0 Å². The molecule has 0 bridgehead atoms. The fourth-order valence-electron chi connectivity index (χ4n) is 3.17. The minimum Gasteiger partial charge on any atom is -0.378 e. The summed E-state index contributed by atoms with van der Waals surface area (Å²) in [4.78, 5) is 22.2. The van der Waals surface area contributed by atoms with Gasteiger partial charge in [-0.25, -0.2) is 4.98 Å². The fraction of sp³-hybridized carbons (Fsp3) is 0.333. The van der Waals surface area contributed by atoms with Gasteiger partial charge in [0.05, 0.1) is 11.9 Å². The predicted octanol–water partition coefficient (Wildman–Crippen LogP) is 3.70. The van der Waals surface area contributed by atoms with E-state index in [-0.39, 0.29) is 5.56 Å². The van der Waals surface area contributed by atoms with Crippen molar-refractivity contribution >= 4 is 27.2 Å². The standard InChI is InChI=1S/C18H19N3OS/c1-10-6-7-12(8-11(10)2)19-9-15-20-17(22)16-13-4-3-5-14(13)23-18(16)21-15/h6-8,19H,3-5,9H2,1-2H3,(H,20,21,22). The molecule has 0 atom stereocenters. The van der Waals surface area contributed by atoms with Gasteiger partial charge in [-0.15, -0.1) is 11.3 Å². The molecule has 1 aromatic carbocycles. The van der Waals surface area contributed by atoms with Crippen LogP contribution >= 0.6 is 11.3 Å². The minimum absolute atomic E-state index is 0.00582. The molecule has 0 amide bonds. The van der Waals surface area contributed by atoms with E-state index in [9.17, 15) is 4.79 Å². The van der Waals surface area contributed by atoms with Gasteiger partial charge in [-0.2, -0.15) is 0 Å². The second kappa shape index (κ2) is 5.49. The van der Waals surface area contributed by atoms with E-state index < -0.39 is 0 Å². The predicted molar refractivity (Wildman–Crippen MR) is 95.5 cm³/mol. The lowest BCUT2D eigenvalue weighted by atomic mass is 10.1. The maximum absolute atomic E-state index is 12.4. The van der Waals surface area contributed by atoms with Crippen molar-refractivity contribution in [2.75, 3.05) is 5.32 Å². The number of aryl methyl sites for hydroxylation is 4. The molecule has 4 rings (SSSR count). The summed E-state index contributed by atoms with van der Waals surface area (Å²) in [5, 5.41) is 4.16. The maximum Gasteiger partial charge on any atom is 0.259 e. The van der Waals surface area contributed by atoms with Gasteiger partial charge in [-0.05, 0) is 61.9 Å². The number of thiophene rings is 1. The van der Waals surface area contributed by atoms with Gasteiger partial charge < -0.3 is 10.3 Å². The Morgan fingerprint density at radius 3 is 2.96 bits per heavy atom. The summed E-state index contributed by atoms with van der Waals surface area (Å²) in [6.45, 7) is 4.72. The summed E-state index contributed by atoms with van der Waals surface area (Å²) in [6, 6.07) is 6.27. The van der Waals surface area contributed by atoms with Crippen molar-refractivity contribution in [1.29, 1.82) is 0 Å². The first-order valence-corrected chi connectivity index (χ1v) is 8.78. The molecule has 0 spiro atoms. The molecule has 1 aliphatic carbocycles. The van der Waals surface area contributed by atoms with E-state index in [0.717, 1.165) is 35.2 Å². The first-order chi connectivity index (χ1) is 11.1. The average Bonchev–Trinajstić information content (AvgIpc) is 3.08.